The fraction of sp³-hybridized carbons (Fsp3) is 0.545. The van der Waals surface area contributed by atoms with Crippen LogP contribution < -0.4 is 15.4 Å². The maximum absolute atomic E-state index is 5.01. The number of methoxy groups -OCH3 is 1. The Morgan fingerprint density at radius 2 is 2.20 bits per heavy atom. The third-order valence-electron chi connectivity index (χ3n) is 2.66. The third kappa shape index (κ3) is 2.83. The molecule has 0 amide bonds. The minimum atomic E-state index is 0.571. The summed E-state index contributed by atoms with van der Waals surface area (Å²) in [6, 6.07) is 4.46. The highest BCUT2D eigenvalue weighted by atomic mass is 16.5. The van der Waals surface area contributed by atoms with Gasteiger partial charge in [0.25, 0.3) is 0 Å². The van der Waals surface area contributed by atoms with Gasteiger partial charge in [0.1, 0.15) is 0 Å². The van der Waals surface area contributed by atoms with E-state index < -0.39 is 0 Å². The van der Waals surface area contributed by atoms with Gasteiger partial charge in [-0.1, -0.05) is 0 Å². The molecule has 0 saturated carbocycles. The summed E-state index contributed by atoms with van der Waals surface area (Å²) < 4.78 is 5.01. The van der Waals surface area contributed by atoms with Gasteiger partial charge in [-0.2, -0.15) is 0 Å². The van der Waals surface area contributed by atoms with Crippen molar-refractivity contribution in [1.29, 1.82) is 0 Å². The van der Waals surface area contributed by atoms with Gasteiger partial charge in [-0.15, -0.1) is 0 Å². The lowest BCUT2D eigenvalue weighted by Crippen LogP contribution is -2.35. The van der Waals surface area contributed by atoms with Gasteiger partial charge in [0.15, 0.2) is 0 Å². The normalized spacial score (nSPS) is 17.4. The first-order chi connectivity index (χ1) is 7.38. The van der Waals surface area contributed by atoms with E-state index in [1.165, 1.54) is 12.8 Å². The predicted molar refractivity (Wildman–Crippen MR) is 60.3 cm³/mol. The second-order valence-corrected chi connectivity index (χ2v) is 3.76. The Morgan fingerprint density at radius 1 is 1.40 bits per heavy atom. The van der Waals surface area contributed by atoms with Gasteiger partial charge >= 0.3 is 0 Å². The molecule has 0 bridgehead atoms. The van der Waals surface area contributed by atoms with Gasteiger partial charge in [0.2, 0.25) is 5.88 Å². The van der Waals surface area contributed by atoms with Crippen LogP contribution in [-0.4, -0.2) is 31.2 Å². The van der Waals surface area contributed by atoms with Crippen molar-refractivity contribution < 1.29 is 4.74 Å². The lowest BCUT2D eigenvalue weighted by molar-refractivity contribution is 0.398. The summed E-state index contributed by atoms with van der Waals surface area (Å²) in [5.74, 6) is 0.658. The number of pyridine rings is 1. The first kappa shape index (κ1) is 10.2. The van der Waals surface area contributed by atoms with Crippen LogP contribution in [0, 0.1) is 0 Å². The molecule has 2 heterocycles. The number of ether oxygens (including phenoxy) is 1. The SMILES string of the molecule is COc1ccc(NC2CCNCC2)cn1. The van der Waals surface area contributed by atoms with E-state index in [9.17, 15) is 0 Å². The van der Waals surface area contributed by atoms with Gasteiger partial charge in [-0.05, 0) is 32.0 Å². The van der Waals surface area contributed by atoms with Crippen LogP contribution in [0.5, 0.6) is 5.88 Å². The molecule has 1 aromatic heterocycles. The van der Waals surface area contributed by atoms with E-state index in [1.807, 2.05) is 18.3 Å². The Kier molecular flexibility index (Phi) is 3.40. The zero-order valence-corrected chi connectivity index (χ0v) is 8.99. The zero-order chi connectivity index (χ0) is 10.5. The monoisotopic (exact) mass is 207 g/mol. The Hall–Kier alpha value is -1.29. The number of nitrogens with zero attached hydrogens (tertiary/aromatic N) is 1. The molecule has 0 unspecified atom stereocenters. The van der Waals surface area contributed by atoms with E-state index in [0.717, 1.165) is 18.8 Å². The molecule has 1 saturated heterocycles. The first-order valence-corrected chi connectivity index (χ1v) is 5.36. The zero-order valence-electron chi connectivity index (χ0n) is 8.99. The van der Waals surface area contributed by atoms with Crippen molar-refractivity contribution in [3.05, 3.63) is 18.3 Å². The average Bonchev–Trinajstić information content (AvgIpc) is 2.31. The Bertz CT molecular complexity index is 293. The number of rotatable bonds is 3. The summed E-state index contributed by atoms with van der Waals surface area (Å²) in [6.45, 7) is 2.20. The Morgan fingerprint density at radius 3 is 2.80 bits per heavy atom. The maximum atomic E-state index is 5.01. The second kappa shape index (κ2) is 4.98. The highest BCUT2D eigenvalue weighted by Crippen LogP contribution is 2.14. The number of piperidine rings is 1. The number of hydrogen-bond acceptors (Lipinski definition) is 4. The van der Waals surface area contributed by atoms with Crippen molar-refractivity contribution in [2.24, 2.45) is 0 Å². The molecule has 4 nitrogen and oxygen atoms in total. The van der Waals surface area contributed by atoms with Crippen molar-refractivity contribution in [2.75, 3.05) is 25.5 Å². The molecule has 1 aliphatic heterocycles. The molecule has 0 spiro atoms. The van der Waals surface area contributed by atoms with Crippen LogP contribution in [0.4, 0.5) is 5.69 Å². The Labute approximate surface area is 90.0 Å². The molecule has 1 aromatic rings. The molecule has 1 fully saturated rings. The van der Waals surface area contributed by atoms with Crippen molar-refractivity contribution in [3.8, 4) is 5.88 Å². The van der Waals surface area contributed by atoms with Crippen LogP contribution in [0.25, 0.3) is 0 Å². The van der Waals surface area contributed by atoms with Crippen molar-refractivity contribution >= 4 is 5.69 Å². The molecule has 2 rings (SSSR count). The van der Waals surface area contributed by atoms with Gasteiger partial charge in [0, 0.05) is 12.1 Å². The van der Waals surface area contributed by atoms with E-state index in [0.29, 0.717) is 11.9 Å². The van der Waals surface area contributed by atoms with Crippen LogP contribution in [0.2, 0.25) is 0 Å². The van der Waals surface area contributed by atoms with Crippen molar-refractivity contribution in [2.45, 2.75) is 18.9 Å². The van der Waals surface area contributed by atoms with E-state index in [2.05, 4.69) is 15.6 Å². The highest BCUT2D eigenvalue weighted by molar-refractivity contribution is 5.43. The van der Waals surface area contributed by atoms with E-state index in [-0.39, 0.29) is 0 Å². The largest absolute Gasteiger partial charge is 0.481 e. The van der Waals surface area contributed by atoms with Gasteiger partial charge in [-0.3, -0.25) is 0 Å². The molecule has 1 aliphatic rings. The molecular weight excluding hydrogens is 190 g/mol. The fourth-order valence-electron chi connectivity index (χ4n) is 1.79. The van der Waals surface area contributed by atoms with Gasteiger partial charge in [0.05, 0.1) is 19.0 Å². The smallest absolute Gasteiger partial charge is 0.213 e. The minimum absolute atomic E-state index is 0.571. The summed E-state index contributed by atoms with van der Waals surface area (Å²) in [4.78, 5) is 4.16. The molecule has 0 aromatic carbocycles. The molecule has 4 heteroatoms. The van der Waals surface area contributed by atoms with Crippen LogP contribution in [0.1, 0.15) is 12.8 Å². The summed E-state index contributed by atoms with van der Waals surface area (Å²) in [6.07, 6.45) is 4.17. The number of hydrogen-bond donors (Lipinski definition) is 2. The van der Waals surface area contributed by atoms with Crippen LogP contribution in [0.15, 0.2) is 18.3 Å². The topological polar surface area (TPSA) is 46.2 Å². The van der Waals surface area contributed by atoms with Crippen molar-refractivity contribution in [3.63, 3.8) is 0 Å². The minimum Gasteiger partial charge on any atom is -0.481 e. The summed E-state index contributed by atoms with van der Waals surface area (Å²) >= 11 is 0. The predicted octanol–water partition coefficient (Wildman–Crippen LogP) is 1.25. The second-order valence-electron chi connectivity index (χ2n) is 3.76. The molecule has 0 aliphatic carbocycles. The lowest BCUT2D eigenvalue weighted by atomic mass is 10.1. The molecule has 15 heavy (non-hydrogen) atoms. The summed E-state index contributed by atoms with van der Waals surface area (Å²) in [7, 11) is 1.63. The van der Waals surface area contributed by atoms with Crippen molar-refractivity contribution in [1.82, 2.24) is 10.3 Å². The summed E-state index contributed by atoms with van der Waals surface area (Å²) in [5, 5.41) is 6.82. The molecule has 0 radical (unpaired) electrons. The van der Waals surface area contributed by atoms with Gasteiger partial charge < -0.3 is 15.4 Å². The van der Waals surface area contributed by atoms with Crippen LogP contribution in [0.3, 0.4) is 0 Å². The number of nitrogens with one attached hydrogen (secondary N) is 2. The quantitative estimate of drug-likeness (QED) is 0.783. The van der Waals surface area contributed by atoms with E-state index in [4.69, 9.17) is 4.74 Å². The molecule has 82 valence electrons. The van der Waals surface area contributed by atoms with Crippen LogP contribution >= 0.6 is 0 Å². The number of anilines is 1. The third-order valence-corrected chi connectivity index (χ3v) is 2.66. The Balaban J connectivity index is 1.91. The standard InChI is InChI=1S/C11H17N3O/c1-15-11-3-2-10(8-13-11)14-9-4-6-12-7-5-9/h2-3,8-9,12,14H,4-7H2,1H3. The van der Waals surface area contributed by atoms with Crippen LogP contribution in [-0.2, 0) is 0 Å². The highest BCUT2D eigenvalue weighted by Gasteiger charge is 2.12. The molecular formula is C11H17N3O. The van der Waals surface area contributed by atoms with E-state index in [1.54, 1.807) is 7.11 Å². The summed E-state index contributed by atoms with van der Waals surface area (Å²) in [5.41, 5.74) is 1.07. The number of aromatic nitrogens is 1. The maximum Gasteiger partial charge on any atom is 0.213 e. The lowest BCUT2D eigenvalue weighted by Gasteiger charge is -2.24. The average molecular weight is 207 g/mol. The first-order valence-electron chi connectivity index (χ1n) is 5.36. The van der Waals surface area contributed by atoms with Gasteiger partial charge in [-0.25, -0.2) is 4.98 Å². The molecule has 2 N–H and O–H groups in total. The van der Waals surface area contributed by atoms with E-state index >= 15 is 0 Å². The molecule has 0 atom stereocenters. The fourth-order valence-corrected chi connectivity index (χ4v) is 1.79.